The fraction of sp³-hybridized carbons (Fsp3) is 0.500. The van der Waals surface area contributed by atoms with E-state index in [0.29, 0.717) is 6.42 Å². The Labute approximate surface area is 148 Å². The minimum Gasteiger partial charge on any atom is -0.481 e. The summed E-state index contributed by atoms with van der Waals surface area (Å²) in [6.45, 7) is 2.15. The minimum atomic E-state index is -0.690. The minimum absolute atomic E-state index is 0.297. The summed E-state index contributed by atoms with van der Waals surface area (Å²) in [6, 6.07) is 0. The molecule has 0 heterocycles. The van der Waals surface area contributed by atoms with E-state index in [4.69, 9.17) is 5.11 Å². The van der Waals surface area contributed by atoms with Gasteiger partial charge in [0.15, 0.2) is 0 Å². The van der Waals surface area contributed by atoms with Crippen LogP contribution in [0.15, 0.2) is 60.8 Å². The predicted octanol–water partition coefficient (Wildman–Crippen LogP) is 6.77. The molecule has 2 nitrogen and oxygen atoms in total. The highest BCUT2D eigenvalue weighted by Gasteiger charge is 1.94. The Kier molecular flexibility index (Phi) is 17.8. The fourth-order valence-corrected chi connectivity index (χ4v) is 2.08. The first-order valence-corrected chi connectivity index (χ1v) is 9.24. The molecule has 134 valence electrons. The van der Waals surface area contributed by atoms with Gasteiger partial charge in [0.1, 0.15) is 0 Å². The van der Waals surface area contributed by atoms with Crippen LogP contribution in [0.4, 0.5) is 0 Å². The van der Waals surface area contributed by atoms with E-state index in [9.17, 15) is 4.79 Å². The van der Waals surface area contributed by atoms with Crippen molar-refractivity contribution in [2.45, 2.75) is 71.1 Å². The molecule has 0 aliphatic rings. The van der Waals surface area contributed by atoms with Crippen molar-refractivity contribution in [1.82, 2.24) is 0 Å². The first-order valence-electron chi connectivity index (χ1n) is 9.24. The summed E-state index contributed by atoms with van der Waals surface area (Å²) in [7, 11) is 0. The number of hydrogen-bond acceptors (Lipinski definition) is 1. The molecular formula is C22H34O2. The summed E-state index contributed by atoms with van der Waals surface area (Å²) < 4.78 is 0. The maximum atomic E-state index is 10.3. The number of carboxylic acids is 1. The van der Waals surface area contributed by atoms with Crippen molar-refractivity contribution in [3.63, 3.8) is 0 Å². The van der Waals surface area contributed by atoms with E-state index in [-0.39, 0.29) is 0 Å². The van der Waals surface area contributed by atoms with E-state index in [1.807, 2.05) is 0 Å². The van der Waals surface area contributed by atoms with Gasteiger partial charge >= 0.3 is 5.97 Å². The van der Waals surface area contributed by atoms with Crippen LogP contribution >= 0.6 is 0 Å². The lowest BCUT2D eigenvalue weighted by molar-refractivity contribution is -0.137. The Morgan fingerprint density at radius 1 is 0.667 bits per heavy atom. The number of carboxylic acid groups (broad SMARTS) is 1. The Bertz CT molecular complexity index is 425. The molecule has 0 spiro atoms. The van der Waals surface area contributed by atoms with Gasteiger partial charge < -0.3 is 5.11 Å². The Hall–Kier alpha value is -1.83. The molecule has 0 amide bonds. The highest BCUT2D eigenvalue weighted by Crippen LogP contribution is 2.04. The van der Waals surface area contributed by atoms with Crippen LogP contribution in [0.1, 0.15) is 71.1 Å². The number of rotatable bonds is 15. The molecule has 0 saturated heterocycles. The van der Waals surface area contributed by atoms with Crippen molar-refractivity contribution in [2.24, 2.45) is 0 Å². The lowest BCUT2D eigenvalue weighted by Gasteiger charge is -1.94. The van der Waals surface area contributed by atoms with Gasteiger partial charge in [0.05, 0.1) is 0 Å². The topological polar surface area (TPSA) is 37.3 Å². The van der Waals surface area contributed by atoms with Crippen molar-refractivity contribution in [3.8, 4) is 0 Å². The second-order valence-corrected chi connectivity index (χ2v) is 5.70. The number of hydrogen-bond donors (Lipinski definition) is 1. The van der Waals surface area contributed by atoms with E-state index in [1.54, 1.807) is 0 Å². The van der Waals surface area contributed by atoms with E-state index in [0.717, 1.165) is 57.8 Å². The van der Waals surface area contributed by atoms with E-state index < -0.39 is 5.97 Å². The lowest BCUT2D eigenvalue weighted by atomic mass is 10.1. The van der Waals surface area contributed by atoms with Gasteiger partial charge in [-0.05, 0) is 51.4 Å². The van der Waals surface area contributed by atoms with Crippen LogP contribution in [-0.2, 0) is 4.79 Å². The fourth-order valence-electron chi connectivity index (χ4n) is 2.08. The molecule has 0 rings (SSSR count). The molecule has 1 N–H and O–H groups in total. The van der Waals surface area contributed by atoms with Gasteiger partial charge in [-0.2, -0.15) is 0 Å². The van der Waals surface area contributed by atoms with Gasteiger partial charge in [-0.25, -0.2) is 0 Å². The first kappa shape index (κ1) is 22.2. The molecule has 0 aromatic rings. The zero-order valence-electron chi connectivity index (χ0n) is 15.2. The Balaban J connectivity index is 3.42. The van der Waals surface area contributed by atoms with Crippen molar-refractivity contribution >= 4 is 5.97 Å². The summed E-state index contributed by atoms with van der Waals surface area (Å²) in [5, 5.41) is 8.52. The van der Waals surface area contributed by atoms with Crippen LogP contribution in [0.5, 0.6) is 0 Å². The molecule has 0 bridgehead atoms. The van der Waals surface area contributed by atoms with Crippen molar-refractivity contribution < 1.29 is 9.90 Å². The van der Waals surface area contributed by atoms with Crippen molar-refractivity contribution in [1.29, 1.82) is 0 Å². The molecule has 0 aromatic carbocycles. The van der Waals surface area contributed by atoms with Crippen LogP contribution in [0.25, 0.3) is 0 Å². The monoisotopic (exact) mass is 330 g/mol. The molecule has 0 fully saturated rings. The Morgan fingerprint density at radius 3 is 1.58 bits per heavy atom. The maximum absolute atomic E-state index is 10.3. The number of allylic oxidation sites excluding steroid dienone is 10. The third-order valence-corrected chi connectivity index (χ3v) is 3.42. The van der Waals surface area contributed by atoms with Gasteiger partial charge in [-0.15, -0.1) is 0 Å². The van der Waals surface area contributed by atoms with Crippen LogP contribution in [0, 0.1) is 0 Å². The van der Waals surface area contributed by atoms with E-state index >= 15 is 0 Å². The average Bonchev–Trinajstić information content (AvgIpc) is 2.56. The number of aliphatic carboxylic acids is 1. The predicted molar refractivity (Wildman–Crippen MR) is 105 cm³/mol. The lowest BCUT2D eigenvalue weighted by Crippen LogP contribution is -1.93. The second kappa shape index (κ2) is 19.2. The van der Waals surface area contributed by atoms with Crippen LogP contribution in [0.2, 0.25) is 0 Å². The average molecular weight is 331 g/mol. The first-order chi connectivity index (χ1) is 11.8. The summed E-state index contributed by atoms with van der Waals surface area (Å²) in [5.74, 6) is -0.690. The van der Waals surface area contributed by atoms with Crippen LogP contribution in [-0.4, -0.2) is 11.1 Å². The highest BCUT2D eigenvalue weighted by atomic mass is 16.4. The molecule has 24 heavy (non-hydrogen) atoms. The third-order valence-electron chi connectivity index (χ3n) is 3.42. The molecule has 2 heteroatoms. The van der Waals surface area contributed by atoms with Gasteiger partial charge in [-0.3, -0.25) is 4.79 Å². The van der Waals surface area contributed by atoms with Crippen molar-refractivity contribution in [2.75, 3.05) is 0 Å². The quantitative estimate of drug-likeness (QED) is 0.265. The molecule has 0 saturated carbocycles. The molecule has 0 unspecified atom stereocenters. The summed E-state index contributed by atoms with van der Waals surface area (Å²) in [6.07, 6.45) is 31.3. The normalized spacial score (nSPS) is 12.7. The largest absolute Gasteiger partial charge is 0.481 e. The zero-order chi connectivity index (χ0) is 17.7. The standard InChI is InChI=1S/C22H34O2/c1-2-3-4-5-6-7-8-9-10-11-12-13-14-15-16-17-18-19-20-21-22(23)24/h3-4,6-7,9-10,12-13,15-16H,2,5,8,11,14,17-21H2,1H3,(H,23,24)/b4-3+,7-6-,10-9-,13-12-,16-15+. The smallest absolute Gasteiger partial charge is 0.303 e. The van der Waals surface area contributed by atoms with Crippen LogP contribution < -0.4 is 0 Å². The summed E-state index contributed by atoms with van der Waals surface area (Å²) >= 11 is 0. The molecule has 0 aliphatic heterocycles. The van der Waals surface area contributed by atoms with Gasteiger partial charge in [0, 0.05) is 6.42 Å². The molecular weight excluding hydrogens is 296 g/mol. The number of unbranched alkanes of at least 4 members (excludes halogenated alkanes) is 3. The molecule has 0 aromatic heterocycles. The zero-order valence-corrected chi connectivity index (χ0v) is 15.2. The van der Waals surface area contributed by atoms with E-state index in [2.05, 4.69) is 67.7 Å². The van der Waals surface area contributed by atoms with Crippen LogP contribution in [0.3, 0.4) is 0 Å². The summed E-state index contributed by atoms with van der Waals surface area (Å²) in [4.78, 5) is 10.3. The second-order valence-electron chi connectivity index (χ2n) is 5.70. The summed E-state index contributed by atoms with van der Waals surface area (Å²) in [5.41, 5.74) is 0. The highest BCUT2D eigenvalue weighted by molar-refractivity contribution is 5.66. The van der Waals surface area contributed by atoms with Gasteiger partial charge in [-0.1, -0.05) is 74.1 Å². The SMILES string of the molecule is CC/C=C/C/C=C\C/C=C\C/C=C\C/C=C/CCCCCC(=O)O. The molecule has 0 radical (unpaired) electrons. The van der Waals surface area contributed by atoms with Gasteiger partial charge in [0.2, 0.25) is 0 Å². The Morgan fingerprint density at radius 2 is 1.12 bits per heavy atom. The van der Waals surface area contributed by atoms with E-state index in [1.165, 1.54) is 0 Å². The van der Waals surface area contributed by atoms with Crippen molar-refractivity contribution in [3.05, 3.63) is 60.8 Å². The van der Waals surface area contributed by atoms with Gasteiger partial charge in [0.25, 0.3) is 0 Å². The molecule has 0 aliphatic carbocycles. The maximum Gasteiger partial charge on any atom is 0.303 e. The molecule has 0 atom stereocenters. The number of carbonyl (C=O) groups is 1. The third kappa shape index (κ3) is 20.2.